The molecular formula is C24H25ClN2O2. The largest absolute Gasteiger partial charge is 0.508 e. The lowest BCUT2D eigenvalue weighted by Crippen LogP contribution is -2.36. The summed E-state index contributed by atoms with van der Waals surface area (Å²) >= 11 is 6.28. The Balaban J connectivity index is 1.40. The molecular weight excluding hydrogens is 384 g/mol. The van der Waals surface area contributed by atoms with E-state index in [-0.39, 0.29) is 0 Å². The lowest BCUT2D eigenvalue weighted by Gasteiger charge is -2.29. The molecule has 4 nitrogen and oxygen atoms in total. The maximum atomic E-state index is 10.3. The second-order valence-corrected chi connectivity index (χ2v) is 7.64. The van der Waals surface area contributed by atoms with Crippen molar-refractivity contribution in [3.8, 4) is 5.75 Å². The van der Waals surface area contributed by atoms with E-state index in [0.717, 1.165) is 60.1 Å². The van der Waals surface area contributed by atoms with E-state index in [9.17, 15) is 5.11 Å². The van der Waals surface area contributed by atoms with Gasteiger partial charge in [-0.1, -0.05) is 35.9 Å². The number of anilines is 2. The Morgan fingerprint density at radius 2 is 1.69 bits per heavy atom. The highest BCUT2D eigenvalue weighted by molar-refractivity contribution is 6.31. The van der Waals surface area contributed by atoms with Gasteiger partial charge in [-0.15, -0.1) is 0 Å². The number of hydrogen-bond acceptors (Lipinski definition) is 4. The highest BCUT2D eigenvalue weighted by Crippen LogP contribution is 2.25. The number of halogens is 1. The van der Waals surface area contributed by atoms with Gasteiger partial charge in [-0.05, 0) is 60.0 Å². The molecule has 1 fully saturated rings. The van der Waals surface area contributed by atoms with Crippen LogP contribution in [0.5, 0.6) is 5.75 Å². The molecule has 0 saturated carbocycles. The van der Waals surface area contributed by atoms with Crippen molar-refractivity contribution in [2.24, 2.45) is 0 Å². The molecule has 1 aliphatic rings. The molecule has 29 heavy (non-hydrogen) atoms. The van der Waals surface area contributed by atoms with Crippen LogP contribution in [-0.4, -0.2) is 31.4 Å². The summed E-state index contributed by atoms with van der Waals surface area (Å²) < 4.78 is 5.41. The summed E-state index contributed by atoms with van der Waals surface area (Å²) in [5, 5.41) is 14.4. The molecule has 150 valence electrons. The zero-order valence-corrected chi connectivity index (χ0v) is 17.0. The highest BCUT2D eigenvalue weighted by Gasteiger charge is 2.11. The van der Waals surface area contributed by atoms with Gasteiger partial charge < -0.3 is 20.1 Å². The van der Waals surface area contributed by atoms with Gasteiger partial charge in [-0.25, -0.2) is 0 Å². The molecule has 0 radical (unpaired) electrons. The summed E-state index contributed by atoms with van der Waals surface area (Å²) in [6.07, 6.45) is 0.737. The molecule has 1 heterocycles. The maximum Gasteiger partial charge on any atom is 0.120 e. The second kappa shape index (κ2) is 9.21. The molecule has 2 N–H and O–H groups in total. The van der Waals surface area contributed by atoms with Crippen molar-refractivity contribution in [1.29, 1.82) is 0 Å². The molecule has 0 aliphatic carbocycles. The Hall–Kier alpha value is -2.69. The molecule has 0 amide bonds. The van der Waals surface area contributed by atoms with Gasteiger partial charge in [0.15, 0.2) is 0 Å². The quantitative estimate of drug-likeness (QED) is 0.596. The monoisotopic (exact) mass is 408 g/mol. The molecule has 1 aliphatic heterocycles. The Labute approximate surface area is 176 Å². The number of morpholine rings is 1. The Kier molecular flexibility index (Phi) is 6.23. The van der Waals surface area contributed by atoms with Gasteiger partial charge in [0.1, 0.15) is 5.75 Å². The van der Waals surface area contributed by atoms with Crippen molar-refractivity contribution in [2.75, 3.05) is 36.5 Å². The number of phenolic OH excluding ortho intramolecular Hbond substituents is 1. The zero-order chi connectivity index (χ0) is 20.1. The summed E-state index contributed by atoms with van der Waals surface area (Å²) in [7, 11) is 0. The van der Waals surface area contributed by atoms with Crippen LogP contribution in [0.2, 0.25) is 5.02 Å². The van der Waals surface area contributed by atoms with E-state index in [1.54, 1.807) is 6.07 Å². The Morgan fingerprint density at radius 1 is 0.931 bits per heavy atom. The van der Waals surface area contributed by atoms with E-state index >= 15 is 0 Å². The average molecular weight is 409 g/mol. The van der Waals surface area contributed by atoms with E-state index in [0.29, 0.717) is 12.3 Å². The minimum Gasteiger partial charge on any atom is -0.508 e. The summed E-state index contributed by atoms with van der Waals surface area (Å²) in [5.41, 5.74) is 5.31. The van der Waals surface area contributed by atoms with Crippen molar-refractivity contribution in [3.05, 3.63) is 88.4 Å². The topological polar surface area (TPSA) is 44.7 Å². The first kappa shape index (κ1) is 19.6. The van der Waals surface area contributed by atoms with E-state index in [4.69, 9.17) is 16.3 Å². The normalized spacial score (nSPS) is 14.0. The fourth-order valence-corrected chi connectivity index (χ4v) is 3.76. The number of rotatable bonds is 6. The first-order valence-corrected chi connectivity index (χ1v) is 10.3. The van der Waals surface area contributed by atoms with E-state index in [1.807, 2.05) is 36.4 Å². The SMILES string of the molecule is Oc1ccc(Cc2ccccc2Cl)cc1CNc1ccc(N2CCOCC2)cc1. The van der Waals surface area contributed by atoms with Crippen molar-refractivity contribution in [3.63, 3.8) is 0 Å². The van der Waals surface area contributed by atoms with Crippen molar-refractivity contribution >= 4 is 23.0 Å². The number of benzene rings is 3. The number of nitrogens with zero attached hydrogens (tertiary/aromatic N) is 1. The van der Waals surface area contributed by atoms with Crippen LogP contribution in [0.15, 0.2) is 66.7 Å². The third-order valence-electron chi connectivity index (χ3n) is 5.22. The average Bonchev–Trinajstić information content (AvgIpc) is 2.77. The van der Waals surface area contributed by atoms with Crippen molar-refractivity contribution in [1.82, 2.24) is 0 Å². The van der Waals surface area contributed by atoms with Crippen molar-refractivity contribution < 1.29 is 9.84 Å². The minimum atomic E-state index is 0.297. The molecule has 0 bridgehead atoms. The standard InChI is InChI=1S/C24H25ClN2O2/c25-23-4-2-1-3-19(23)15-18-5-10-24(28)20(16-18)17-26-21-6-8-22(9-7-21)27-11-13-29-14-12-27/h1-10,16,26,28H,11-15,17H2. The first-order valence-electron chi connectivity index (χ1n) is 9.90. The third kappa shape index (κ3) is 5.03. The van der Waals surface area contributed by atoms with Crippen LogP contribution in [0.4, 0.5) is 11.4 Å². The molecule has 3 aromatic carbocycles. The predicted octanol–water partition coefficient (Wildman–Crippen LogP) is 5.09. The minimum absolute atomic E-state index is 0.297. The molecule has 4 rings (SSSR count). The summed E-state index contributed by atoms with van der Waals surface area (Å²) in [4.78, 5) is 2.33. The fourth-order valence-electron chi connectivity index (χ4n) is 3.56. The molecule has 0 atom stereocenters. The number of nitrogens with one attached hydrogen (secondary N) is 1. The molecule has 5 heteroatoms. The molecule has 0 spiro atoms. The first-order chi connectivity index (χ1) is 14.2. The predicted molar refractivity (Wildman–Crippen MR) is 119 cm³/mol. The second-order valence-electron chi connectivity index (χ2n) is 7.23. The highest BCUT2D eigenvalue weighted by atomic mass is 35.5. The lowest BCUT2D eigenvalue weighted by molar-refractivity contribution is 0.122. The number of hydrogen-bond donors (Lipinski definition) is 2. The molecule has 0 aromatic heterocycles. The van der Waals surface area contributed by atoms with Crippen LogP contribution in [0.3, 0.4) is 0 Å². The molecule has 3 aromatic rings. The van der Waals surface area contributed by atoms with Gasteiger partial charge in [-0.2, -0.15) is 0 Å². The van der Waals surface area contributed by atoms with Crippen LogP contribution >= 0.6 is 11.6 Å². The maximum absolute atomic E-state index is 10.3. The zero-order valence-electron chi connectivity index (χ0n) is 16.3. The van der Waals surface area contributed by atoms with Gasteiger partial charge in [-0.3, -0.25) is 0 Å². The van der Waals surface area contributed by atoms with Gasteiger partial charge in [0.05, 0.1) is 13.2 Å². The number of ether oxygens (including phenoxy) is 1. The van der Waals surface area contributed by atoms with Crippen LogP contribution in [0.25, 0.3) is 0 Å². The third-order valence-corrected chi connectivity index (χ3v) is 5.59. The Morgan fingerprint density at radius 3 is 2.45 bits per heavy atom. The Bertz CT molecular complexity index is 953. The van der Waals surface area contributed by atoms with E-state index < -0.39 is 0 Å². The van der Waals surface area contributed by atoms with Crippen LogP contribution < -0.4 is 10.2 Å². The van der Waals surface area contributed by atoms with Crippen LogP contribution in [0.1, 0.15) is 16.7 Å². The van der Waals surface area contributed by atoms with Crippen LogP contribution in [-0.2, 0) is 17.7 Å². The van der Waals surface area contributed by atoms with Crippen molar-refractivity contribution in [2.45, 2.75) is 13.0 Å². The lowest BCUT2D eigenvalue weighted by atomic mass is 10.0. The molecule has 1 saturated heterocycles. The van der Waals surface area contributed by atoms with E-state index in [1.165, 1.54) is 5.69 Å². The van der Waals surface area contributed by atoms with Crippen LogP contribution in [0, 0.1) is 0 Å². The van der Waals surface area contributed by atoms with Gasteiger partial charge in [0, 0.05) is 41.6 Å². The number of phenols is 1. The van der Waals surface area contributed by atoms with Gasteiger partial charge >= 0.3 is 0 Å². The number of aromatic hydroxyl groups is 1. The smallest absolute Gasteiger partial charge is 0.120 e. The summed E-state index contributed by atoms with van der Waals surface area (Å²) in [6.45, 7) is 3.98. The van der Waals surface area contributed by atoms with E-state index in [2.05, 4.69) is 34.5 Å². The van der Waals surface area contributed by atoms with Gasteiger partial charge in [0.2, 0.25) is 0 Å². The molecule has 0 unspecified atom stereocenters. The summed E-state index contributed by atoms with van der Waals surface area (Å²) in [6, 6.07) is 22.0. The summed E-state index contributed by atoms with van der Waals surface area (Å²) in [5.74, 6) is 0.297. The fraction of sp³-hybridized carbons (Fsp3) is 0.250. The van der Waals surface area contributed by atoms with Gasteiger partial charge in [0.25, 0.3) is 0 Å².